The van der Waals surface area contributed by atoms with E-state index in [1.807, 2.05) is 0 Å². The molecule has 7 heteroatoms. The van der Waals surface area contributed by atoms with Gasteiger partial charge in [0.05, 0.1) is 6.54 Å². The van der Waals surface area contributed by atoms with E-state index in [9.17, 15) is 14.1 Å². The predicted octanol–water partition coefficient (Wildman–Crippen LogP) is -0.0130. The predicted molar refractivity (Wildman–Crippen MR) is 45.4 cm³/mol. The molecule has 80 valence electrons. The smallest absolute Gasteiger partial charge is 0.401 e. The van der Waals surface area contributed by atoms with Crippen LogP contribution < -0.4 is 10.5 Å². The van der Waals surface area contributed by atoms with Gasteiger partial charge in [0.15, 0.2) is 11.4 Å². The molecule has 0 radical (unpaired) electrons. The number of carbonyl (C=O) groups excluding carboxylic acids is 2. The average molecular weight is 214 g/mol. The fraction of sp³-hybridized carbons (Fsp3) is 0.125. The van der Waals surface area contributed by atoms with Crippen LogP contribution in [0.3, 0.4) is 0 Å². The van der Waals surface area contributed by atoms with E-state index in [1.165, 1.54) is 18.3 Å². The lowest BCUT2D eigenvalue weighted by atomic mass is 10.3. The van der Waals surface area contributed by atoms with Crippen LogP contribution in [0.25, 0.3) is 0 Å². The van der Waals surface area contributed by atoms with E-state index < -0.39 is 17.6 Å². The first-order chi connectivity index (χ1) is 7.19. The molecule has 0 bridgehead atoms. The summed E-state index contributed by atoms with van der Waals surface area (Å²) in [7, 11) is 0. The maximum atomic E-state index is 11.6. The molecule has 15 heavy (non-hydrogen) atoms. The van der Waals surface area contributed by atoms with Crippen LogP contribution in [-0.4, -0.2) is 23.5 Å². The zero-order chi connectivity index (χ0) is 11.3. The maximum Gasteiger partial charge on any atom is 0.401 e. The van der Waals surface area contributed by atoms with Gasteiger partial charge < -0.3 is 10.5 Å². The van der Waals surface area contributed by atoms with Gasteiger partial charge in [-0.15, -0.1) is 0 Å². The Bertz CT molecular complexity index is 383. The Morgan fingerprint density at radius 2 is 2.27 bits per heavy atom. The molecular formula is C8H7FN2O4. The van der Waals surface area contributed by atoms with Crippen LogP contribution in [0.15, 0.2) is 18.3 Å². The number of pyridine rings is 1. The summed E-state index contributed by atoms with van der Waals surface area (Å²) >= 11 is 0. The van der Waals surface area contributed by atoms with E-state index in [4.69, 9.17) is 5.73 Å². The van der Waals surface area contributed by atoms with Gasteiger partial charge in [-0.1, -0.05) is 0 Å². The molecule has 0 saturated heterocycles. The zero-order valence-electron chi connectivity index (χ0n) is 7.47. The molecular weight excluding hydrogens is 207 g/mol. The normalized spacial score (nSPS) is 9.47. The van der Waals surface area contributed by atoms with Crippen molar-refractivity contribution < 1.29 is 23.8 Å². The molecule has 0 aliphatic rings. The van der Waals surface area contributed by atoms with Gasteiger partial charge in [-0.3, -0.25) is 4.79 Å². The van der Waals surface area contributed by atoms with Crippen molar-refractivity contribution in [3.63, 3.8) is 0 Å². The number of nitrogens with two attached hydrogens (primary N) is 1. The summed E-state index contributed by atoms with van der Waals surface area (Å²) in [5, 5.41) is 0. The van der Waals surface area contributed by atoms with E-state index in [-0.39, 0.29) is 12.3 Å². The fourth-order valence-corrected chi connectivity index (χ4v) is 0.827. The van der Waals surface area contributed by atoms with Crippen molar-refractivity contribution in [1.29, 1.82) is 0 Å². The number of esters is 1. The lowest BCUT2D eigenvalue weighted by Gasteiger charge is -2.04. The van der Waals surface area contributed by atoms with Crippen LogP contribution in [0.5, 0.6) is 5.75 Å². The summed E-state index contributed by atoms with van der Waals surface area (Å²) in [6.07, 6.45) is 1.23. The molecule has 0 spiro atoms. The first kappa shape index (κ1) is 11.1. The Labute approximate surface area is 83.7 Å². The lowest BCUT2D eigenvalue weighted by molar-refractivity contribution is -0.132. The summed E-state index contributed by atoms with van der Waals surface area (Å²) in [6.45, 7) is -0.362. The molecule has 1 heterocycles. The third-order valence-corrected chi connectivity index (χ3v) is 1.42. The molecule has 0 atom stereocenters. The summed E-state index contributed by atoms with van der Waals surface area (Å²) in [6, 6.07) is 2.68. The van der Waals surface area contributed by atoms with Crippen LogP contribution in [0, 0.1) is 0 Å². The van der Waals surface area contributed by atoms with Crippen molar-refractivity contribution in [1.82, 2.24) is 4.98 Å². The molecule has 0 aromatic carbocycles. The molecule has 1 rings (SSSR count). The highest BCUT2D eigenvalue weighted by Crippen LogP contribution is 2.16. The minimum absolute atomic E-state index is 0.199. The maximum absolute atomic E-state index is 11.6. The van der Waals surface area contributed by atoms with Crippen molar-refractivity contribution in [2.75, 3.05) is 6.54 Å². The standard InChI is InChI=1S/C8H7FN2O4/c9-15-8(13)7-5(2-1-3-11-7)14-6(12)4-10/h1-3H,4,10H2. The number of carbonyl (C=O) groups is 2. The van der Waals surface area contributed by atoms with Crippen LogP contribution in [0.2, 0.25) is 0 Å². The highest BCUT2D eigenvalue weighted by molar-refractivity contribution is 5.91. The Morgan fingerprint density at radius 1 is 1.53 bits per heavy atom. The molecule has 0 saturated carbocycles. The third kappa shape index (κ3) is 2.71. The van der Waals surface area contributed by atoms with Crippen LogP contribution in [0.4, 0.5) is 4.53 Å². The Hall–Kier alpha value is -2.02. The average Bonchev–Trinajstić information content (AvgIpc) is 2.28. The van der Waals surface area contributed by atoms with Gasteiger partial charge in [-0.05, 0) is 12.1 Å². The number of ether oxygens (including phenoxy) is 1. The van der Waals surface area contributed by atoms with E-state index in [2.05, 4.69) is 14.7 Å². The van der Waals surface area contributed by atoms with Gasteiger partial charge in [0.1, 0.15) is 0 Å². The second-order valence-corrected chi connectivity index (χ2v) is 2.39. The molecule has 0 aliphatic heterocycles. The second-order valence-electron chi connectivity index (χ2n) is 2.39. The van der Waals surface area contributed by atoms with Crippen molar-refractivity contribution >= 4 is 11.9 Å². The first-order valence-electron chi connectivity index (χ1n) is 3.87. The molecule has 1 aromatic heterocycles. The van der Waals surface area contributed by atoms with Crippen molar-refractivity contribution in [2.24, 2.45) is 5.73 Å². The Morgan fingerprint density at radius 3 is 2.87 bits per heavy atom. The number of rotatable bonds is 3. The summed E-state index contributed by atoms with van der Waals surface area (Å²) in [5.41, 5.74) is 4.56. The molecule has 0 fully saturated rings. The fourth-order valence-electron chi connectivity index (χ4n) is 0.827. The molecule has 2 N–H and O–H groups in total. The van der Waals surface area contributed by atoms with Crippen molar-refractivity contribution in [2.45, 2.75) is 0 Å². The number of halogens is 1. The van der Waals surface area contributed by atoms with Crippen LogP contribution in [-0.2, 0) is 9.74 Å². The van der Waals surface area contributed by atoms with Crippen molar-refractivity contribution in [3.8, 4) is 5.75 Å². The SMILES string of the molecule is NCC(=O)Oc1cccnc1C(=O)OF. The van der Waals surface area contributed by atoms with Gasteiger partial charge in [-0.2, -0.15) is 0 Å². The number of hydrogen-bond donors (Lipinski definition) is 1. The Kier molecular flexibility index (Phi) is 3.69. The monoisotopic (exact) mass is 214 g/mol. The van der Waals surface area contributed by atoms with Crippen LogP contribution in [0.1, 0.15) is 10.5 Å². The van der Waals surface area contributed by atoms with Gasteiger partial charge in [0.2, 0.25) is 0 Å². The first-order valence-corrected chi connectivity index (χ1v) is 3.87. The van der Waals surface area contributed by atoms with Gasteiger partial charge in [0.25, 0.3) is 0 Å². The van der Waals surface area contributed by atoms with E-state index >= 15 is 0 Å². The van der Waals surface area contributed by atoms with E-state index in [0.717, 1.165) is 0 Å². The molecule has 1 aromatic rings. The minimum atomic E-state index is -1.34. The number of hydrogen-bond acceptors (Lipinski definition) is 6. The van der Waals surface area contributed by atoms with Crippen molar-refractivity contribution in [3.05, 3.63) is 24.0 Å². The van der Waals surface area contributed by atoms with Gasteiger partial charge in [-0.25, -0.2) is 14.7 Å². The summed E-state index contributed by atoms with van der Waals surface area (Å²) < 4.78 is 16.2. The van der Waals surface area contributed by atoms with Gasteiger partial charge in [0, 0.05) is 10.7 Å². The number of nitrogens with zero attached hydrogens (tertiary/aromatic N) is 1. The lowest BCUT2D eigenvalue weighted by Crippen LogP contribution is -2.21. The second kappa shape index (κ2) is 5.01. The molecule has 0 amide bonds. The summed E-state index contributed by atoms with van der Waals surface area (Å²) in [5.74, 6) is -2.30. The summed E-state index contributed by atoms with van der Waals surface area (Å²) in [4.78, 5) is 28.1. The molecule has 0 unspecified atom stereocenters. The number of aromatic nitrogens is 1. The highest BCUT2D eigenvalue weighted by atomic mass is 19.3. The zero-order valence-corrected chi connectivity index (χ0v) is 7.47. The van der Waals surface area contributed by atoms with Gasteiger partial charge >= 0.3 is 11.9 Å². The highest BCUT2D eigenvalue weighted by Gasteiger charge is 2.18. The largest absolute Gasteiger partial charge is 0.423 e. The molecule has 0 aliphatic carbocycles. The topological polar surface area (TPSA) is 91.5 Å². The van der Waals surface area contributed by atoms with Crippen LogP contribution >= 0.6 is 0 Å². The van der Waals surface area contributed by atoms with E-state index in [1.54, 1.807) is 0 Å². The Balaban J connectivity index is 2.96. The quantitative estimate of drug-likeness (QED) is 0.711. The molecule has 6 nitrogen and oxygen atoms in total. The minimum Gasteiger partial charge on any atom is -0.423 e. The third-order valence-electron chi connectivity index (χ3n) is 1.42. The van der Waals surface area contributed by atoms with E-state index in [0.29, 0.717) is 0 Å².